The predicted molar refractivity (Wildman–Crippen MR) is 147 cm³/mol. The van der Waals surface area contributed by atoms with E-state index in [1.165, 1.54) is 12.3 Å². The Morgan fingerprint density at radius 1 is 1.03 bits per heavy atom. The average molecular weight is 523 g/mol. The second-order valence-electron chi connectivity index (χ2n) is 9.79. The Kier molecular flexibility index (Phi) is 6.83. The van der Waals surface area contributed by atoms with E-state index >= 15 is 0 Å². The highest BCUT2D eigenvalue weighted by Crippen LogP contribution is 2.27. The number of amides is 1. The molecule has 0 aliphatic carbocycles. The maximum absolute atomic E-state index is 14.1. The number of H-pyrrole nitrogens is 1. The van der Waals surface area contributed by atoms with Crippen molar-refractivity contribution in [3.05, 3.63) is 96.3 Å². The fraction of sp³-hybridized carbons (Fsp3) is 0.200. The molecule has 0 unspecified atom stereocenters. The summed E-state index contributed by atoms with van der Waals surface area (Å²) < 4.78 is 14.1. The summed E-state index contributed by atoms with van der Waals surface area (Å²) in [7, 11) is 0. The van der Waals surface area contributed by atoms with Gasteiger partial charge in [-0.05, 0) is 66.4 Å². The minimum absolute atomic E-state index is 0.201. The van der Waals surface area contributed by atoms with Crippen molar-refractivity contribution >= 4 is 22.5 Å². The molecule has 8 nitrogen and oxygen atoms in total. The standard InChI is InChI=1S/C30H27FN6O2/c31-26-4-2-1-3-24(26)27-8-6-22(17-33-27)34-30(39)29-25-14-20(5-7-28(25)35-36-29)21-13-19(15-32-16-21)18-37-11-9-23(38)10-12-37/h1-8,13-17,23,38H,9-12,18H2,(H,34,39)(H,35,36). The first-order valence-electron chi connectivity index (χ1n) is 12.9. The molecule has 1 aliphatic heterocycles. The lowest BCUT2D eigenvalue weighted by Crippen LogP contribution is -2.35. The summed E-state index contributed by atoms with van der Waals surface area (Å²) in [6, 6.07) is 17.7. The number of aromatic nitrogens is 4. The van der Waals surface area contributed by atoms with Gasteiger partial charge in [-0.1, -0.05) is 18.2 Å². The number of hydrogen-bond donors (Lipinski definition) is 3. The van der Waals surface area contributed by atoms with Gasteiger partial charge in [-0.2, -0.15) is 5.10 Å². The molecule has 1 aliphatic rings. The molecule has 6 rings (SSSR count). The zero-order valence-corrected chi connectivity index (χ0v) is 21.1. The van der Waals surface area contributed by atoms with Crippen LogP contribution in [0.25, 0.3) is 33.3 Å². The second kappa shape index (κ2) is 10.7. The number of piperidine rings is 1. The first kappa shape index (κ1) is 24.8. The normalized spacial score (nSPS) is 14.5. The van der Waals surface area contributed by atoms with Gasteiger partial charge < -0.3 is 10.4 Å². The number of nitrogens with zero attached hydrogens (tertiary/aromatic N) is 4. The molecule has 0 atom stereocenters. The number of fused-ring (bicyclic) bond motifs is 1. The van der Waals surface area contributed by atoms with Gasteiger partial charge in [-0.3, -0.25) is 24.8 Å². The lowest BCUT2D eigenvalue weighted by atomic mass is 10.0. The molecular formula is C30H27FN6O2. The molecule has 4 heterocycles. The van der Waals surface area contributed by atoms with Gasteiger partial charge in [-0.25, -0.2) is 4.39 Å². The number of likely N-dealkylation sites (tertiary alicyclic amines) is 1. The summed E-state index contributed by atoms with van der Waals surface area (Å²) in [5.41, 5.74) is 5.34. The highest BCUT2D eigenvalue weighted by molar-refractivity contribution is 6.11. The van der Waals surface area contributed by atoms with E-state index in [9.17, 15) is 14.3 Å². The van der Waals surface area contributed by atoms with Crippen molar-refractivity contribution in [3.8, 4) is 22.4 Å². The third-order valence-corrected chi connectivity index (χ3v) is 7.04. The van der Waals surface area contributed by atoms with E-state index in [0.717, 1.165) is 54.7 Å². The predicted octanol–water partition coefficient (Wildman–Crippen LogP) is 5.04. The fourth-order valence-electron chi connectivity index (χ4n) is 4.92. The van der Waals surface area contributed by atoms with Crippen LogP contribution in [0.5, 0.6) is 0 Å². The number of aliphatic hydroxyl groups is 1. The number of benzene rings is 2. The number of pyridine rings is 2. The van der Waals surface area contributed by atoms with Gasteiger partial charge >= 0.3 is 0 Å². The zero-order chi connectivity index (χ0) is 26.8. The number of carbonyl (C=O) groups excluding carboxylic acids is 1. The molecule has 0 spiro atoms. The molecular weight excluding hydrogens is 495 g/mol. The van der Waals surface area contributed by atoms with Crippen LogP contribution in [-0.2, 0) is 6.54 Å². The Bertz CT molecular complexity index is 1630. The van der Waals surface area contributed by atoms with Crippen LogP contribution in [0.3, 0.4) is 0 Å². The Balaban J connectivity index is 1.20. The van der Waals surface area contributed by atoms with Crippen LogP contribution in [0.4, 0.5) is 10.1 Å². The lowest BCUT2D eigenvalue weighted by Gasteiger charge is -2.29. The van der Waals surface area contributed by atoms with Crippen LogP contribution in [0, 0.1) is 5.82 Å². The van der Waals surface area contributed by atoms with E-state index in [1.807, 2.05) is 30.6 Å². The van der Waals surface area contributed by atoms with Crippen molar-refractivity contribution in [1.82, 2.24) is 25.1 Å². The van der Waals surface area contributed by atoms with Crippen LogP contribution in [-0.4, -0.2) is 55.3 Å². The quantitative estimate of drug-likeness (QED) is 0.289. The van der Waals surface area contributed by atoms with Crippen LogP contribution in [0.2, 0.25) is 0 Å². The summed E-state index contributed by atoms with van der Waals surface area (Å²) in [5, 5.41) is 20.5. The smallest absolute Gasteiger partial charge is 0.276 e. The Morgan fingerprint density at radius 2 is 1.87 bits per heavy atom. The highest BCUT2D eigenvalue weighted by Gasteiger charge is 2.18. The Labute approximate surface area is 224 Å². The van der Waals surface area contributed by atoms with Gasteiger partial charge in [0, 0.05) is 48.5 Å². The molecule has 0 bridgehead atoms. The average Bonchev–Trinajstić information content (AvgIpc) is 3.39. The van der Waals surface area contributed by atoms with Crippen molar-refractivity contribution in [2.75, 3.05) is 18.4 Å². The van der Waals surface area contributed by atoms with Crippen molar-refractivity contribution in [3.63, 3.8) is 0 Å². The summed E-state index contributed by atoms with van der Waals surface area (Å²) in [5.74, 6) is -0.731. The minimum Gasteiger partial charge on any atom is -0.393 e. The summed E-state index contributed by atoms with van der Waals surface area (Å²) in [6.07, 6.45) is 6.57. The van der Waals surface area contributed by atoms with Crippen molar-refractivity contribution in [2.45, 2.75) is 25.5 Å². The number of rotatable bonds is 6. The maximum atomic E-state index is 14.1. The SMILES string of the molecule is O=C(Nc1ccc(-c2ccccc2F)nc1)c1n[nH]c2ccc(-c3cncc(CN4CCC(O)CC4)c3)cc12. The number of anilines is 1. The van der Waals surface area contributed by atoms with Crippen molar-refractivity contribution < 1.29 is 14.3 Å². The van der Waals surface area contributed by atoms with Crippen LogP contribution < -0.4 is 5.32 Å². The van der Waals surface area contributed by atoms with Crippen LogP contribution in [0.15, 0.2) is 79.3 Å². The molecule has 0 radical (unpaired) electrons. The van der Waals surface area contributed by atoms with Gasteiger partial charge in [0.1, 0.15) is 5.82 Å². The van der Waals surface area contributed by atoms with Gasteiger partial charge in [0.25, 0.3) is 5.91 Å². The molecule has 5 aromatic rings. The Morgan fingerprint density at radius 3 is 2.67 bits per heavy atom. The number of nitrogens with one attached hydrogen (secondary N) is 2. The zero-order valence-electron chi connectivity index (χ0n) is 21.1. The highest BCUT2D eigenvalue weighted by atomic mass is 19.1. The molecule has 2 aromatic carbocycles. The summed E-state index contributed by atoms with van der Waals surface area (Å²) in [4.78, 5) is 24.2. The van der Waals surface area contributed by atoms with E-state index in [4.69, 9.17) is 0 Å². The molecule has 9 heteroatoms. The minimum atomic E-state index is -0.377. The summed E-state index contributed by atoms with van der Waals surface area (Å²) in [6.45, 7) is 2.51. The molecule has 1 fully saturated rings. The monoisotopic (exact) mass is 522 g/mol. The van der Waals surface area contributed by atoms with Crippen molar-refractivity contribution in [2.24, 2.45) is 0 Å². The fourth-order valence-corrected chi connectivity index (χ4v) is 4.92. The van der Waals surface area contributed by atoms with E-state index in [1.54, 1.807) is 30.3 Å². The number of aromatic amines is 1. The molecule has 196 valence electrons. The van der Waals surface area contributed by atoms with E-state index in [-0.39, 0.29) is 23.5 Å². The first-order chi connectivity index (χ1) is 19.0. The summed E-state index contributed by atoms with van der Waals surface area (Å²) >= 11 is 0. The third-order valence-electron chi connectivity index (χ3n) is 7.04. The number of carbonyl (C=O) groups is 1. The first-order valence-corrected chi connectivity index (χ1v) is 12.9. The second-order valence-corrected chi connectivity index (χ2v) is 9.79. The number of aliphatic hydroxyl groups excluding tert-OH is 1. The Hall–Kier alpha value is -4.47. The van der Waals surface area contributed by atoms with Crippen LogP contribution >= 0.6 is 0 Å². The third kappa shape index (κ3) is 5.41. The van der Waals surface area contributed by atoms with Gasteiger partial charge in [0.15, 0.2) is 5.69 Å². The molecule has 39 heavy (non-hydrogen) atoms. The maximum Gasteiger partial charge on any atom is 0.276 e. The molecule has 0 saturated carbocycles. The number of halogens is 1. The van der Waals surface area contributed by atoms with E-state index < -0.39 is 0 Å². The van der Waals surface area contributed by atoms with E-state index in [2.05, 4.69) is 36.4 Å². The molecule has 3 N–H and O–H groups in total. The molecule has 1 saturated heterocycles. The van der Waals surface area contributed by atoms with E-state index in [0.29, 0.717) is 22.3 Å². The largest absolute Gasteiger partial charge is 0.393 e. The lowest BCUT2D eigenvalue weighted by molar-refractivity contribution is 0.0792. The van der Waals surface area contributed by atoms with Crippen molar-refractivity contribution in [1.29, 1.82) is 0 Å². The van der Waals surface area contributed by atoms with Gasteiger partial charge in [0.05, 0.1) is 29.2 Å². The van der Waals surface area contributed by atoms with Gasteiger partial charge in [-0.15, -0.1) is 0 Å². The topological polar surface area (TPSA) is 107 Å². The molecule has 3 aromatic heterocycles. The van der Waals surface area contributed by atoms with Crippen LogP contribution in [0.1, 0.15) is 28.9 Å². The number of hydrogen-bond acceptors (Lipinski definition) is 6. The molecule has 1 amide bonds. The van der Waals surface area contributed by atoms with Gasteiger partial charge in [0.2, 0.25) is 0 Å².